The number of para-hydroxylation sites is 1. The van der Waals surface area contributed by atoms with E-state index < -0.39 is 5.91 Å². The third-order valence-corrected chi connectivity index (χ3v) is 5.66. The first-order chi connectivity index (χ1) is 13.9. The summed E-state index contributed by atoms with van der Waals surface area (Å²) >= 11 is 1.35. The van der Waals surface area contributed by atoms with Gasteiger partial charge in [-0.25, -0.2) is 0 Å². The number of rotatable bonds is 11. The number of hydrogen-bond acceptors (Lipinski definition) is 5. The highest BCUT2D eigenvalue weighted by molar-refractivity contribution is 7.99. The van der Waals surface area contributed by atoms with Gasteiger partial charge in [-0.2, -0.15) is 0 Å². The minimum absolute atomic E-state index is 0.170. The second-order valence-electron chi connectivity index (χ2n) is 7.13. The van der Waals surface area contributed by atoms with E-state index in [-0.39, 0.29) is 17.7 Å². The molecule has 0 unspecified atom stereocenters. The van der Waals surface area contributed by atoms with Gasteiger partial charge in [0, 0.05) is 13.0 Å². The molecule has 158 valence electrons. The van der Waals surface area contributed by atoms with Crippen molar-refractivity contribution in [3.63, 3.8) is 0 Å². The van der Waals surface area contributed by atoms with Gasteiger partial charge in [-0.05, 0) is 18.6 Å². The molecule has 0 saturated heterocycles. The molecule has 9 heteroatoms. The van der Waals surface area contributed by atoms with Crippen molar-refractivity contribution in [2.45, 2.75) is 50.9 Å². The van der Waals surface area contributed by atoms with Crippen LogP contribution in [0.25, 0.3) is 0 Å². The Bertz CT molecular complexity index is 836. The summed E-state index contributed by atoms with van der Waals surface area (Å²) in [6.45, 7) is 5.12. The van der Waals surface area contributed by atoms with E-state index in [0.29, 0.717) is 11.3 Å². The Hall–Kier alpha value is -2.39. The predicted octanol–water partition coefficient (Wildman–Crippen LogP) is 1.50. The summed E-state index contributed by atoms with van der Waals surface area (Å²) in [5.74, 6) is 0.334. The van der Waals surface area contributed by atoms with E-state index in [1.165, 1.54) is 16.7 Å². The van der Waals surface area contributed by atoms with Gasteiger partial charge in [-0.1, -0.05) is 44.2 Å². The fraction of sp³-hybridized carbons (Fsp3) is 0.500. The molecule has 0 radical (unpaired) electrons. The molecule has 0 aliphatic heterocycles. The summed E-state index contributed by atoms with van der Waals surface area (Å²) in [6, 6.07) is 6.96. The Morgan fingerprint density at radius 2 is 1.97 bits per heavy atom. The number of unbranched alkanes of at least 4 members (excludes halogenated alkanes) is 1. The van der Waals surface area contributed by atoms with Crippen LogP contribution < -0.4 is 16.0 Å². The normalized spacial score (nSPS) is 12.2. The Labute approximate surface area is 176 Å². The number of amides is 2. The highest BCUT2D eigenvalue weighted by Crippen LogP contribution is 2.22. The largest absolute Gasteiger partial charge is 0.366 e. The van der Waals surface area contributed by atoms with Gasteiger partial charge in [0.05, 0.1) is 31.1 Å². The van der Waals surface area contributed by atoms with Gasteiger partial charge in [-0.3, -0.25) is 9.59 Å². The van der Waals surface area contributed by atoms with Gasteiger partial charge in [0.1, 0.15) is 6.04 Å². The summed E-state index contributed by atoms with van der Waals surface area (Å²) in [5.41, 5.74) is 6.08. The first-order valence-corrected chi connectivity index (χ1v) is 10.9. The number of carbonyl (C=O) groups excluding carboxylic acids is 2. The lowest BCUT2D eigenvalue weighted by molar-refractivity contribution is -0.893. The van der Waals surface area contributed by atoms with Gasteiger partial charge in [-0.15, -0.1) is 10.2 Å². The number of hydrogen-bond donors (Lipinski definition) is 3. The molecule has 29 heavy (non-hydrogen) atoms. The second kappa shape index (κ2) is 11.0. The van der Waals surface area contributed by atoms with Crippen LogP contribution in [-0.2, 0) is 11.3 Å². The fourth-order valence-electron chi connectivity index (χ4n) is 3.16. The lowest BCUT2D eigenvalue weighted by Gasteiger charge is -2.20. The number of nitrogens with zero attached hydrogens (tertiary/aromatic N) is 3. The van der Waals surface area contributed by atoms with Crippen LogP contribution >= 0.6 is 11.8 Å². The number of nitrogens with two attached hydrogens (primary N) is 1. The lowest BCUT2D eigenvalue weighted by Crippen LogP contribution is -3.06. The molecule has 0 saturated carbocycles. The third-order valence-electron chi connectivity index (χ3n) is 4.70. The van der Waals surface area contributed by atoms with Crippen LogP contribution in [0.4, 0.5) is 5.69 Å². The molecule has 8 nitrogen and oxygen atoms in total. The molecule has 1 aromatic carbocycles. The average Bonchev–Trinajstić information content (AvgIpc) is 3.07. The highest BCUT2D eigenvalue weighted by atomic mass is 32.2. The van der Waals surface area contributed by atoms with E-state index in [1.807, 2.05) is 0 Å². The zero-order chi connectivity index (χ0) is 21.4. The molecular weight excluding hydrogens is 388 g/mol. The zero-order valence-corrected chi connectivity index (χ0v) is 18.4. The summed E-state index contributed by atoms with van der Waals surface area (Å²) in [5, 5.41) is 12.3. The summed E-state index contributed by atoms with van der Waals surface area (Å²) < 4.78 is 2.14. The Kier molecular flexibility index (Phi) is 8.66. The van der Waals surface area contributed by atoms with Crippen LogP contribution in [0.3, 0.4) is 0 Å². The fourth-order valence-corrected chi connectivity index (χ4v) is 3.93. The molecule has 2 rings (SSSR count). The van der Waals surface area contributed by atoms with E-state index >= 15 is 0 Å². The maximum Gasteiger partial charge on any atom is 0.250 e. The number of anilines is 1. The third kappa shape index (κ3) is 6.04. The van der Waals surface area contributed by atoms with E-state index in [2.05, 4.69) is 48.0 Å². The van der Waals surface area contributed by atoms with Crippen molar-refractivity contribution in [2.24, 2.45) is 5.73 Å². The van der Waals surface area contributed by atoms with Crippen molar-refractivity contribution in [2.75, 3.05) is 25.2 Å². The molecule has 0 spiro atoms. The SMILES string of the molecule is CCCCn1c(SCC(=O)Nc2ccccc2C(N)=O)nnc1[C@@H](CC)[NH+](C)C. The smallest absolute Gasteiger partial charge is 0.250 e. The van der Waals surface area contributed by atoms with Crippen molar-refractivity contribution < 1.29 is 14.5 Å². The van der Waals surface area contributed by atoms with Crippen molar-refractivity contribution in [3.8, 4) is 0 Å². The Balaban J connectivity index is 2.12. The number of thioether (sulfide) groups is 1. The molecular formula is C20H31N6O2S+. The number of nitrogens with one attached hydrogen (secondary N) is 2. The van der Waals surface area contributed by atoms with E-state index in [0.717, 1.165) is 36.8 Å². The van der Waals surface area contributed by atoms with Crippen LogP contribution in [0.1, 0.15) is 55.3 Å². The van der Waals surface area contributed by atoms with E-state index in [4.69, 9.17) is 5.73 Å². The molecule has 0 bridgehead atoms. The predicted molar refractivity (Wildman–Crippen MR) is 115 cm³/mol. The number of aromatic nitrogens is 3. The number of quaternary nitrogens is 1. The van der Waals surface area contributed by atoms with Crippen LogP contribution in [0.5, 0.6) is 0 Å². The highest BCUT2D eigenvalue weighted by Gasteiger charge is 2.25. The van der Waals surface area contributed by atoms with Crippen LogP contribution in [-0.4, -0.2) is 46.4 Å². The minimum Gasteiger partial charge on any atom is -0.366 e. The zero-order valence-electron chi connectivity index (χ0n) is 17.6. The molecule has 2 aromatic rings. The van der Waals surface area contributed by atoms with Gasteiger partial charge < -0.3 is 20.5 Å². The maximum atomic E-state index is 12.4. The summed E-state index contributed by atoms with van der Waals surface area (Å²) in [7, 11) is 4.23. The number of carbonyl (C=O) groups is 2. The summed E-state index contributed by atoms with van der Waals surface area (Å²) in [4.78, 5) is 25.3. The molecule has 1 heterocycles. The van der Waals surface area contributed by atoms with Gasteiger partial charge in [0.15, 0.2) is 11.0 Å². The maximum absolute atomic E-state index is 12.4. The van der Waals surface area contributed by atoms with Gasteiger partial charge >= 0.3 is 0 Å². The van der Waals surface area contributed by atoms with Crippen molar-refractivity contribution in [1.29, 1.82) is 0 Å². The quantitative estimate of drug-likeness (QED) is 0.479. The Morgan fingerprint density at radius 1 is 1.24 bits per heavy atom. The Morgan fingerprint density at radius 3 is 2.59 bits per heavy atom. The molecule has 0 fully saturated rings. The van der Waals surface area contributed by atoms with E-state index in [1.54, 1.807) is 24.3 Å². The molecule has 0 aliphatic carbocycles. The average molecular weight is 420 g/mol. The lowest BCUT2D eigenvalue weighted by atomic mass is 10.1. The number of benzene rings is 1. The van der Waals surface area contributed by atoms with Gasteiger partial charge in [0.2, 0.25) is 5.91 Å². The van der Waals surface area contributed by atoms with Crippen molar-refractivity contribution in [1.82, 2.24) is 14.8 Å². The van der Waals surface area contributed by atoms with Gasteiger partial charge in [0.25, 0.3) is 5.91 Å². The number of primary amides is 1. The molecule has 1 atom stereocenters. The molecule has 2 amide bonds. The monoisotopic (exact) mass is 419 g/mol. The van der Waals surface area contributed by atoms with Crippen LogP contribution in [0.2, 0.25) is 0 Å². The standard InChI is InChI=1S/C20H30N6O2S/c1-5-7-12-26-19(16(6-2)25(3)4)23-24-20(26)29-13-17(27)22-15-11-9-8-10-14(15)18(21)28/h8-11,16H,5-7,12-13H2,1-4H3,(H2,21,28)(H,22,27)/p+1/t16-/m1/s1. The van der Waals surface area contributed by atoms with E-state index in [9.17, 15) is 9.59 Å². The van der Waals surface area contributed by atoms with Crippen LogP contribution in [0.15, 0.2) is 29.4 Å². The van der Waals surface area contributed by atoms with Crippen molar-refractivity contribution in [3.05, 3.63) is 35.7 Å². The second-order valence-corrected chi connectivity index (χ2v) is 8.07. The van der Waals surface area contributed by atoms with Crippen LogP contribution in [0, 0.1) is 0 Å². The first kappa shape index (κ1) is 22.9. The molecule has 1 aromatic heterocycles. The minimum atomic E-state index is -0.575. The molecule has 4 N–H and O–H groups in total. The summed E-state index contributed by atoms with van der Waals surface area (Å²) in [6.07, 6.45) is 3.05. The topological polar surface area (TPSA) is 107 Å². The van der Waals surface area contributed by atoms with Crippen molar-refractivity contribution >= 4 is 29.3 Å². The molecule has 0 aliphatic rings. The first-order valence-electron chi connectivity index (χ1n) is 9.93.